The first-order chi connectivity index (χ1) is 19.2. The highest BCUT2D eigenvalue weighted by Gasteiger charge is 2.38. The maximum absolute atomic E-state index is 13.3. The monoisotopic (exact) mass is 556 g/mol. The summed E-state index contributed by atoms with van der Waals surface area (Å²) in [5, 5.41) is 16.4. The Morgan fingerprint density at radius 2 is 1.68 bits per heavy atom. The number of rotatable bonds is 7. The summed E-state index contributed by atoms with van der Waals surface area (Å²) in [4.78, 5) is 26.9. The van der Waals surface area contributed by atoms with Gasteiger partial charge in [-0.15, -0.1) is 0 Å². The van der Waals surface area contributed by atoms with Crippen LogP contribution in [0.4, 0.5) is 30.2 Å². The first kappa shape index (κ1) is 27.7. The fourth-order valence-electron chi connectivity index (χ4n) is 5.58. The summed E-state index contributed by atoms with van der Waals surface area (Å²) in [5.41, 5.74) is -0.860. The van der Waals surface area contributed by atoms with Crippen molar-refractivity contribution in [3.05, 3.63) is 76.3 Å². The van der Waals surface area contributed by atoms with Crippen LogP contribution in [0.15, 0.2) is 60.7 Å². The van der Waals surface area contributed by atoms with Crippen LogP contribution in [0.1, 0.15) is 31.2 Å². The fourth-order valence-corrected chi connectivity index (χ4v) is 5.58. The van der Waals surface area contributed by atoms with Crippen molar-refractivity contribution < 1.29 is 27.6 Å². The molecule has 1 saturated heterocycles. The summed E-state index contributed by atoms with van der Waals surface area (Å²) in [6.45, 7) is 2.74. The summed E-state index contributed by atoms with van der Waals surface area (Å²) in [6, 6.07) is 17.4. The van der Waals surface area contributed by atoms with Crippen molar-refractivity contribution in [2.75, 3.05) is 43.0 Å². The molecule has 1 heterocycles. The van der Waals surface area contributed by atoms with E-state index >= 15 is 0 Å². The van der Waals surface area contributed by atoms with E-state index < -0.39 is 22.4 Å². The number of halogens is 3. The molecule has 2 fully saturated rings. The maximum Gasteiger partial charge on any atom is 0.423 e. The van der Waals surface area contributed by atoms with Crippen LogP contribution in [0.2, 0.25) is 0 Å². The normalized spacial score (nSPS) is 20.0. The molecule has 40 heavy (non-hydrogen) atoms. The molecule has 5 rings (SSSR count). The standard InChI is InChI=1S/C29H31F3N4O4/c30-29(31,32)25-18-22(10-13-27(25)36(38)39)33-21-8-11-23(12-9-21)40-19-28(37)35-16-14-34(15-17-35)26-7-3-5-20-4-1-2-6-24(20)26/h1-7,10,13,18,21,23,33H,8-9,11-12,14-17,19H2. The third-order valence-electron chi connectivity index (χ3n) is 7.73. The number of nitro benzene ring substituents is 1. The molecule has 11 heteroatoms. The lowest BCUT2D eigenvalue weighted by molar-refractivity contribution is -0.388. The number of fused-ring (bicyclic) bond motifs is 1. The first-order valence-electron chi connectivity index (χ1n) is 13.4. The Kier molecular flexibility index (Phi) is 8.11. The summed E-state index contributed by atoms with van der Waals surface area (Å²) < 4.78 is 45.7. The van der Waals surface area contributed by atoms with Crippen LogP contribution < -0.4 is 10.2 Å². The highest BCUT2D eigenvalue weighted by atomic mass is 19.4. The minimum atomic E-state index is -4.82. The molecular weight excluding hydrogens is 525 g/mol. The zero-order valence-corrected chi connectivity index (χ0v) is 21.9. The van der Waals surface area contributed by atoms with E-state index in [4.69, 9.17) is 4.74 Å². The summed E-state index contributed by atoms with van der Waals surface area (Å²) in [7, 11) is 0. The Morgan fingerprint density at radius 1 is 0.975 bits per heavy atom. The number of nitro groups is 1. The smallest absolute Gasteiger partial charge is 0.382 e. The third-order valence-corrected chi connectivity index (χ3v) is 7.73. The van der Waals surface area contributed by atoms with E-state index in [0.717, 1.165) is 25.2 Å². The summed E-state index contributed by atoms with van der Waals surface area (Å²) >= 11 is 0. The molecule has 1 N–H and O–H groups in total. The number of anilines is 2. The van der Waals surface area contributed by atoms with E-state index in [1.165, 1.54) is 22.5 Å². The van der Waals surface area contributed by atoms with E-state index in [-0.39, 0.29) is 30.3 Å². The van der Waals surface area contributed by atoms with Gasteiger partial charge in [-0.05, 0) is 49.3 Å². The number of benzene rings is 3. The first-order valence-corrected chi connectivity index (χ1v) is 13.4. The van der Waals surface area contributed by atoms with Gasteiger partial charge in [0.05, 0.1) is 11.0 Å². The zero-order valence-electron chi connectivity index (χ0n) is 21.9. The molecule has 1 aliphatic heterocycles. The molecule has 0 spiro atoms. The SMILES string of the molecule is O=C(COC1CCC(Nc2ccc([N+](=O)[O-])c(C(F)(F)F)c2)CC1)N1CCN(c2cccc3ccccc23)CC1. The van der Waals surface area contributed by atoms with Crippen LogP contribution in [0.3, 0.4) is 0 Å². The van der Waals surface area contributed by atoms with Crippen molar-refractivity contribution in [1.82, 2.24) is 4.90 Å². The van der Waals surface area contributed by atoms with E-state index in [1.54, 1.807) is 0 Å². The van der Waals surface area contributed by atoms with E-state index in [2.05, 4.69) is 40.5 Å². The van der Waals surface area contributed by atoms with Gasteiger partial charge in [-0.25, -0.2) is 0 Å². The molecule has 1 aliphatic carbocycles. The van der Waals surface area contributed by atoms with Gasteiger partial charge >= 0.3 is 6.18 Å². The number of piperazine rings is 1. The van der Waals surface area contributed by atoms with Gasteiger partial charge in [-0.1, -0.05) is 36.4 Å². The van der Waals surface area contributed by atoms with Gasteiger partial charge in [0.25, 0.3) is 5.69 Å². The Balaban J connectivity index is 1.07. The van der Waals surface area contributed by atoms with Crippen LogP contribution in [-0.4, -0.2) is 60.7 Å². The second-order valence-electron chi connectivity index (χ2n) is 10.3. The number of ether oxygens (including phenoxy) is 1. The van der Waals surface area contributed by atoms with Crippen molar-refractivity contribution in [3.63, 3.8) is 0 Å². The zero-order chi connectivity index (χ0) is 28.3. The van der Waals surface area contributed by atoms with Crippen molar-refractivity contribution in [2.24, 2.45) is 0 Å². The Bertz CT molecular complexity index is 1360. The van der Waals surface area contributed by atoms with Gasteiger partial charge in [0.1, 0.15) is 12.2 Å². The van der Waals surface area contributed by atoms with Gasteiger partial charge in [0, 0.05) is 55.0 Å². The van der Waals surface area contributed by atoms with Gasteiger partial charge < -0.3 is 19.9 Å². The number of nitrogens with zero attached hydrogens (tertiary/aromatic N) is 3. The number of alkyl halides is 3. The topological polar surface area (TPSA) is 87.9 Å². The number of hydrogen-bond donors (Lipinski definition) is 1. The molecule has 8 nitrogen and oxygen atoms in total. The van der Waals surface area contributed by atoms with E-state index in [0.29, 0.717) is 38.8 Å². The average molecular weight is 557 g/mol. The molecule has 0 aromatic heterocycles. The minimum Gasteiger partial charge on any atom is -0.382 e. The predicted molar refractivity (Wildman–Crippen MR) is 146 cm³/mol. The number of carbonyl (C=O) groups excluding carboxylic acids is 1. The molecule has 0 atom stereocenters. The molecule has 0 bridgehead atoms. The average Bonchev–Trinajstić information content (AvgIpc) is 2.96. The number of hydrogen-bond acceptors (Lipinski definition) is 6. The molecule has 212 valence electrons. The minimum absolute atomic E-state index is 0.00826. The Labute approximate surface area is 229 Å². The molecule has 0 unspecified atom stereocenters. The van der Waals surface area contributed by atoms with Gasteiger partial charge in [-0.2, -0.15) is 13.2 Å². The molecular formula is C29H31F3N4O4. The van der Waals surface area contributed by atoms with Gasteiger partial charge in [-0.3, -0.25) is 14.9 Å². The second-order valence-corrected chi connectivity index (χ2v) is 10.3. The number of amides is 1. The molecule has 1 saturated carbocycles. The summed E-state index contributed by atoms with van der Waals surface area (Å²) in [6.07, 6.45) is -2.28. The van der Waals surface area contributed by atoms with Crippen molar-refractivity contribution in [1.29, 1.82) is 0 Å². The van der Waals surface area contributed by atoms with Crippen LogP contribution >= 0.6 is 0 Å². The van der Waals surface area contributed by atoms with Gasteiger partial charge in [0.2, 0.25) is 5.91 Å². The lowest BCUT2D eigenvalue weighted by Gasteiger charge is -2.37. The largest absolute Gasteiger partial charge is 0.423 e. The predicted octanol–water partition coefficient (Wildman–Crippen LogP) is 5.86. The van der Waals surface area contributed by atoms with Crippen LogP contribution in [0.5, 0.6) is 0 Å². The lowest BCUT2D eigenvalue weighted by atomic mass is 9.92. The number of carbonyl (C=O) groups is 1. The highest BCUT2D eigenvalue weighted by molar-refractivity contribution is 5.94. The molecule has 3 aromatic carbocycles. The molecule has 2 aliphatic rings. The third kappa shape index (κ3) is 6.30. The Morgan fingerprint density at radius 3 is 2.38 bits per heavy atom. The van der Waals surface area contributed by atoms with E-state index in [9.17, 15) is 28.1 Å². The van der Waals surface area contributed by atoms with Crippen molar-refractivity contribution in [3.8, 4) is 0 Å². The second kappa shape index (κ2) is 11.7. The van der Waals surface area contributed by atoms with Crippen LogP contribution in [0, 0.1) is 10.1 Å². The van der Waals surface area contributed by atoms with Crippen LogP contribution in [-0.2, 0) is 15.7 Å². The molecule has 3 aromatic rings. The maximum atomic E-state index is 13.3. The fraction of sp³-hybridized carbons (Fsp3) is 0.414. The quantitative estimate of drug-likeness (QED) is 0.290. The van der Waals surface area contributed by atoms with Crippen LogP contribution in [0.25, 0.3) is 10.8 Å². The number of nitrogens with one attached hydrogen (secondary N) is 1. The summed E-state index contributed by atoms with van der Waals surface area (Å²) in [5.74, 6) is -0.0385. The van der Waals surface area contributed by atoms with E-state index in [1.807, 2.05) is 17.0 Å². The lowest BCUT2D eigenvalue weighted by Crippen LogP contribution is -2.50. The molecule has 0 radical (unpaired) electrons. The Hall–Kier alpha value is -3.86. The van der Waals surface area contributed by atoms with Crippen molar-refractivity contribution in [2.45, 2.75) is 44.0 Å². The molecule has 1 amide bonds. The highest BCUT2D eigenvalue weighted by Crippen LogP contribution is 2.38. The van der Waals surface area contributed by atoms with Gasteiger partial charge in [0.15, 0.2) is 0 Å². The van der Waals surface area contributed by atoms with Crippen molar-refractivity contribution >= 4 is 33.7 Å².